The van der Waals surface area contributed by atoms with Gasteiger partial charge in [-0.1, -0.05) is 68.0 Å². The first-order chi connectivity index (χ1) is 20.8. The smallest absolute Gasteiger partial charge is 0.857 e. The van der Waals surface area contributed by atoms with Crippen LogP contribution in [-0.2, 0) is 18.9 Å². The number of ketones is 1. The molecule has 2 aromatic heterocycles. The third-order valence-electron chi connectivity index (χ3n) is 4.99. The van der Waals surface area contributed by atoms with Gasteiger partial charge in [0.05, 0.1) is 12.8 Å². The summed E-state index contributed by atoms with van der Waals surface area (Å²) in [5.41, 5.74) is 22.9. The van der Waals surface area contributed by atoms with Crippen molar-refractivity contribution >= 4 is 92.5 Å². The molecule has 0 amide bonds. The topological polar surface area (TPSA) is 283 Å². The summed E-state index contributed by atoms with van der Waals surface area (Å²) < 4.78 is 14.0. The van der Waals surface area contributed by atoms with Crippen molar-refractivity contribution in [3.8, 4) is 0 Å². The van der Waals surface area contributed by atoms with Crippen LogP contribution in [0.1, 0.15) is 97.7 Å². The number of carbonyl (C=O) groups is 2. The molecule has 2 rings (SSSR count). The quantitative estimate of drug-likeness (QED) is 0.0480. The molecule has 0 saturated carbocycles. The first kappa shape index (κ1) is 66.8. The maximum Gasteiger partial charge on any atom is 1.00 e. The third-order valence-corrected chi connectivity index (χ3v) is 5.27. The van der Waals surface area contributed by atoms with E-state index >= 15 is 0 Å². The fourth-order valence-corrected chi connectivity index (χ4v) is 4.00. The van der Waals surface area contributed by atoms with Crippen molar-refractivity contribution in [2.45, 2.75) is 89.0 Å². The number of nitrogens with two attached hydrogens (primary N) is 4. The van der Waals surface area contributed by atoms with E-state index in [2.05, 4.69) is 69.9 Å². The molecule has 22 heteroatoms. The third kappa shape index (κ3) is 35.0. The molecule has 0 aliphatic rings. The Labute approximate surface area is 345 Å². The van der Waals surface area contributed by atoms with Crippen molar-refractivity contribution in [1.29, 1.82) is 5.41 Å². The molecular formula is C28H56Cl5N9NaO6P. The number of Topliss-reactive ketones (excluding diaryl/α,β-unsaturated/α-hetero) is 1. The normalized spacial score (nSPS) is 9.74. The molecule has 0 saturated heterocycles. The van der Waals surface area contributed by atoms with E-state index in [0.717, 1.165) is 18.4 Å². The second-order valence-corrected chi connectivity index (χ2v) is 16.8. The average Bonchev–Trinajstić information content (AvgIpc) is 2.82. The first-order valence-electron chi connectivity index (χ1n) is 13.2. The molecule has 50 heavy (non-hydrogen) atoms. The molecule has 1 atom stereocenters. The van der Waals surface area contributed by atoms with Gasteiger partial charge in [-0.15, -0.1) is 12.4 Å². The molecule has 0 spiro atoms. The summed E-state index contributed by atoms with van der Waals surface area (Å²) in [6, 6.07) is 0. The van der Waals surface area contributed by atoms with Gasteiger partial charge in [-0.05, 0) is 72.2 Å². The number of hydrogen-bond donors (Lipinski definition) is 6. The number of nitrogens with zero attached hydrogens (tertiary/aromatic N) is 3. The van der Waals surface area contributed by atoms with Crippen LogP contribution in [0.4, 0.5) is 11.9 Å². The number of aromatic nitrogens is 4. The van der Waals surface area contributed by atoms with Gasteiger partial charge < -0.3 is 32.8 Å². The standard InChI is InChI=1S/C8H12ClN3.C8H13N3O.C8H14O3.CH5N3.CH3O.2CH4.Cl3OP.ClH.Na/c1-4(2)6-5(3)11-8(10)12-7(6)9;1-4(2)6-5(3)10-8(9)11-7(6)12;1-5(2)7(6(3)9)8(10)11-4;2-1(3)4;1-2;;;1-5(2,3)4;;/h4H,1-3H3,(H2,10,11,12);4H,1-3H3,(H3,9,10,11,12);5,7H,1-4H3;(H5,2,3,4);1H3;2*1H4;;1H;/q;;;;-1;;;;;+1. The summed E-state index contributed by atoms with van der Waals surface area (Å²) >= 11 is 19.7. The van der Waals surface area contributed by atoms with Gasteiger partial charge in [-0.25, -0.2) is 15.0 Å². The molecule has 0 bridgehead atoms. The maximum atomic E-state index is 11.3. The molecule has 0 fully saturated rings. The minimum atomic E-state index is -3.22. The fourth-order valence-electron chi connectivity index (χ4n) is 3.55. The Morgan fingerprint density at radius 3 is 1.46 bits per heavy atom. The number of aromatic amines is 1. The zero-order valence-corrected chi connectivity index (χ0v) is 36.0. The van der Waals surface area contributed by atoms with Gasteiger partial charge in [0.15, 0.2) is 5.96 Å². The zero-order valence-electron chi connectivity index (χ0n) is 29.3. The second kappa shape index (κ2) is 34.7. The van der Waals surface area contributed by atoms with Gasteiger partial charge in [0.1, 0.15) is 16.9 Å². The van der Waals surface area contributed by atoms with Gasteiger partial charge in [0.2, 0.25) is 11.9 Å². The number of aryl methyl sites for hydroxylation is 2. The number of anilines is 2. The van der Waals surface area contributed by atoms with Crippen molar-refractivity contribution in [2.24, 2.45) is 23.3 Å². The van der Waals surface area contributed by atoms with Crippen LogP contribution >= 0.6 is 62.9 Å². The first-order valence-corrected chi connectivity index (χ1v) is 18.0. The number of ether oxygens (including phenoxy) is 1. The van der Waals surface area contributed by atoms with Crippen molar-refractivity contribution in [3.05, 3.63) is 38.0 Å². The number of hydrogen-bond acceptors (Lipinski definition) is 12. The van der Waals surface area contributed by atoms with Crippen LogP contribution in [0.3, 0.4) is 0 Å². The van der Waals surface area contributed by atoms with E-state index in [1.807, 2.05) is 48.5 Å². The van der Waals surface area contributed by atoms with E-state index in [4.69, 9.17) is 33.6 Å². The van der Waals surface area contributed by atoms with Crippen molar-refractivity contribution in [2.75, 3.05) is 25.7 Å². The van der Waals surface area contributed by atoms with E-state index in [-0.39, 0.29) is 97.9 Å². The Kier molecular flexibility index (Phi) is 46.3. The molecule has 0 radical (unpaired) electrons. The van der Waals surface area contributed by atoms with E-state index < -0.39 is 17.1 Å². The Bertz CT molecular complexity index is 1320. The van der Waals surface area contributed by atoms with Crippen molar-refractivity contribution in [1.82, 2.24) is 19.9 Å². The fraction of sp³-hybridized carbons (Fsp3) is 0.607. The van der Waals surface area contributed by atoms with Gasteiger partial charge in [0.25, 0.3) is 5.56 Å². The van der Waals surface area contributed by atoms with Gasteiger partial charge in [0, 0.05) is 16.8 Å². The van der Waals surface area contributed by atoms with Gasteiger partial charge >= 0.3 is 40.7 Å². The molecular weight excluding hydrogens is 790 g/mol. The number of carbonyl (C=O) groups excluding carboxylic acids is 2. The zero-order chi connectivity index (χ0) is 37.7. The predicted octanol–water partition coefficient (Wildman–Crippen LogP) is 3.27. The molecule has 0 aromatic carbocycles. The number of nitrogens with one attached hydrogen (secondary N) is 2. The summed E-state index contributed by atoms with van der Waals surface area (Å²) in [7, 11) is 2.04. The van der Waals surface area contributed by atoms with Crippen molar-refractivity contribution in [3.63, 3.8) is 0 Å². The molecule has 15 nitrogen and oxygen atoms in total. The summed E-state index contributed by atoms with van der Waals surface area (Å²) in [5.74, 6) is -0.553. The monoisotopic (exact) mass is 843 g/mol. The summed E-state index contributed by atoms with van der Waals surface area (Å²) in [6.45, 7) is 16.7. The molecule has 10 N–H and O–H groups in total. The number of halogens is 5. The van der Waals surface area contributed by atoms with Crippen LogP contribution in [0, 0.1) is 31.1 Å². The SMILES string of the molecule is C.C.COC(=O)C(C(C)=O)C(C)C.C[O-].Cc1nc(N)[nH]c(=O)c1C(C)C.Cc1nc(N)nc(Cl)c1C(C)C.Cl.N=C(N)N.O=P(Cl)(Cl)Cl.[Na+]. The summed E-state index contributed by atoms with van der Waals surface area (Å²) in [4.78, 5) is 47.5. The molecule has 1 unspecified atom stereocenters. The molecule has 0 aliphatic carbocycles. The van der Waals surface area contributed by atoms with Crippen LogP contribution < -0.4 is 63.2 Å². The van der Waals surface area contributed by atoms with Crippen LogP contribution in [0.2, 0.25) is 5.15 Å². The largest absolute Gasteiger partial charge is 1.00 e. The van der Waals surface area contributed by atoms with Crippen LogP contribution in [-0.4, -0.2) is 51.9 Å². The number of guanidine groups is 1. The average molecular weight is 846 g/mol. The molecule has 0 aliphatic heterocycles. The Hall–Kier alpha value is -1.39. The van der Waals surface area contributed by atoms with Crippen LogP contribution in [0.5, 0.6) is 0 Å². The second-order valence-electron chi connectivity index (χ2n) is 9.84. The number of nitrogen functional groups attached to an aromatic ring is 2. The minimum Gasteiger partial charge on any atom is -0.857 e. The van der Waals surface area contributed by atoms with Crippen molar-refractivity contribution < 1.29 is 53.6 Å². The Morgan fingerprint density at radius 1 is 0.900 bits per heavy atom. The number of esters is 1. The number of methoxy groups -OCH3 is 1. The van der Waals surface area contributed by atoms with Crippen LogP contribution in [0.15, 0.2) is 4.79 Å². The molecule has 2 aromatic rings. The predicted molar refractivity (Wildman–Crippen MR) is 207 cm³/mol. The van der Waals surface area contributed by atoms with Gasteiger partial charge in [-0.3, -0.25) is 29.3 Å². The molecule has 2 heterocycles. The van der Waals surface area contributed by atoms with Gasteiger partial charge in [-0.2, -0.15) is 7.11 Å². The number of rotatable bonds is 5. The summed E-state index contributed by atoms with van der Waals surface area (Å²) in [6.07, 6.45) is 0. The van der Waals surface area contributed by atoms with Crippen LogP contribution in [0.25, 0.3) is 0 Å². The van der Waals surface area contributed by atoms with E-state index in [1.54, 1.807) is 6.92 Å². The molecule has 290 valence electrons. The summed E-state index contributed by atoms with van der Waals surface area (Å²) in [5, 5.41) is 11.6. The Balaban J connectivity index is -0.0000000744. The van der Waals surface area contributed by atoms with E-state index in [0.29, 0.717) is 22.3 Å². The Morgan fingerprint density at radius 2 is 1.24 bits per heavy atom. The maximum absolute atomic E-state index is 11.3. The van der Waals surface area contributed by atoms with E-state index in [1.165, 1.54) is 14.0 Å². The van der Waals surface area contributed by atoms with E-state index in [9.17, 15) is 18.9 Å². The minimum absolute atomic E-state index is 0. The number of H-pyrrole nitrogens is 1.